The van der Waals surface area contributed by atoms with Crippen LogP contribution in [0.1, 0.15) is 11.5 Å². The van der Waals surface area contributed by atoms with Crippen LogP contribution < -0.4 is 10.6 Å². The van der Waals surface area contributed by atoms with Crippen LogP contribution in [0.5, 0.6) is 0 Å². The SMILES string of the molecule is Cc1nc(-c2ccc(N3CCN(CCn4ncc5c4nc(N)n4nc(-c6ncccc6C)nc54)CC3)c(F)c2)co1. The molecular formula is C28H28FN11O. The fraction of sp³-hybridized carbons (Fsp3) is 0.286. The monoisotopic (exact) mass is 553 g/mol. The van der Waals surface area contributed by atoms with E-state index in [1.165, 1.54) is 10.6 Å². The summed E-state index contributed by atoms with van der Waals surface area (Å²) in [5.41, 5.74) is 11.2. The minimum Gasteiger partial charge on any atom is -0.449 e. The van der Waals surface area contributed by atoms with Crippen molar-refractivity contribution in [1.29, 1.82) is 0 Å². The van der Waals surface area contributed by atoms with E-state index in [0.29, 0.717) is 52.2 Å². The molecule has 1 aliphatic heterocycles. The van der Waals surface area contributed by atoms with Gasteiger partial charge in [0.25, 0.3) is 0 Å². The quantitative estimate of drug-likeness (QED) is 0.327. The van der Waals surface area contributed by atoms with Gasteiger partial charge < -0.3 is 15.1 Å². The molecule has 1 aromatic carbocycles. The topological polar surface area (TPSA) is 132 Å². The zero-order valence-corrected chi connectivity index (χ0v) is 22.7. The highest BCUT2D eigenvalue weighted by atomic mass is 19.1. The number of aryl methyl sites for hydroxylation is 2. The maximum Gasteiger partial charge on any atom is 0.225 e. The molecule has 7 rings (SSSR count). The van der Waals surface area contributed by atoms with Gasteiger partial charge in [-0.05, 0) is 30.7 Å². The number of oxazole rings is 1. The van der Waals surface area contributed by atoms with Gasteiger partial charge in [-0.15, -0.1) is 5.10 Å². The molecule has 0 atom stereocenters. The molecule has 1 aliphatic rings. The lowest BCUT2D eigenvalue weighted by molar-refractivity contribution is 0.245. The first-order valence-corrected chi connectivity index (χ1v) is 13.4. The second-order valence-electron chi connectivity index (χ2n) is 10.2. The maximum atomic E-state index is 15.0. The van der Waals surface area contributed by atoms with Crippen molar-refractivity contribution in [2.24, 2.45) is 0 Å². The number of rotatable bonds is 6. The highest BCUT2D eigenvalue weighted by Gasteiger charge is 2.22. The fourth-order valence-corrected chi connectivity index (χ4v) is 5.31. The number of halogens is 1. The molecule has 6 aromatic rings. The predicted octanol–water partition coefficient (Wildman–Crippen LogP) is 3.35. The van der Waals surface area contributed by atoms with Crippen molar-refractivity contribution in [3.05, 3.63) is 66.3 Å². The van der Waals surface area contributed by atoms with E-state index in [1.54, 1.807) is 25.6 Å². The van der Waals surface area contributed by atoms with Gasteiger partial charge in [-0.3, -0.25) is 9.88 Å². The summed E-state index contributed by atoms with van der Waals surface area (Å²) in [7, 11) is 0. The molecule has 1 fully saturated rings. The van der Waals surface area contributed by atoms with Gasteiger partial charge in [-0.1, -0.05) is 12.1 Å². The third kappa shape index (κ3) is 4.53. The molecule has 2 N–H and O–H groups in total. The van der Waals surface area contributed by atoms with E-state index in [2.05, 4.69) is 34.9 Å². The van der Waals surface area contributed by atoms with E-state index in [9.17, 15) is 0 Å². The zero-order valence-electron chi connectivity index (χ0n) is 22.7. The minimum atomic E-state index is -0.260. The molecule has 1 saturated heterocycles. The second kappa shape index (κ2) is 9.93. The summed E-state index contributed by atoms with van der Waals surface area (Å²) in [4.78, 5) is 22.5. The van der Waals surface area contributed by atoms with Gasteiger partial charge in [-0.2, -0.15) is 14.6 Å². The Hall–Kier alpha value is -4.91. The van der Waals surface area contributed by atoms with Gasteiger partial charge in [0.2, 0.25) is 11.8 Å². The predicted molar refractivity (Wildman–Crippen MR) is 152 cm³/mol. The smallest absolute Gasteiger partial charge is 0.225 e. The number of hydrogen-bond donors (Lipinski definition) is 1. The Kier molecular flexibility index (Phi) is 6.07. The van der Waals surface area contributed by atoms with Crippen LogP contribution in [0, 0.1) is 19.7 Å². The summed E-state index contributed by atoms with van der Waals surface area (Å²) in [6, 6.07) is 9.08. The van der Waals surface area contributed by atoms with Crippen molar-refractivity contribution >= 4 is 28.3 Å². The molecular weight excluding hydrogens is 525 g/mol. The first kappa shape index (κ1) is 25.1. The lowest BCUT2D eigenvalue weighted by Crippen LogP contribution is -2.47. The number of piperazine rings is 1. The minimum absolute atomic E-state index is 0.238. The molecule has 13 heteroatoms. The van der Waals surface area contributed by atoms with E-state index in [1.807, 2.05) is 35.9 Å². The Labute approximate surface area is 234 Å². The average Bonchev–Trinajstić information content (AvgIpc) is 3.71. The number of anilines is 2. The number of nitrogens with zero attached hydrogens (tertiary/aromatic N) is 10. The van der Waals surface area contributed by atoms with E-state index >= 15 is 4.39 Å². The first-order valence-electron chi connectivity index (χ1n) is 13.4. The number of fused-ring (bicyclic) bond motifs is 3. The zero-order chi connectivity index (χ0) is 28.1. The molecule has 0 saturated carbocycles. The van der Waals surface area contributed by atoms with Gasteiger partial charge in [0.05, 0.1) is 23.8 Å². The molecule has 0 unspecified atom stereocenters. The Morgan fingerprint density at radius 3 is 2.61 bits per heavy atom. The molecule has 6 heterocycles. The van der Waals surface area contributed by atoms with Crippen LogP contribution in [0.3, 0.4) is 0 Å². The molecule has 0 radical (unpaired) electrons. The van der Waals surface area contributed by atoms with E-state index in [-0.39, 0.29) is 11.8 Å². The fourth-order valence-electron chi connectivity index (χ4n) is 5.31. The van der Waals surface area contributed by atoms with Gasteiger partial charge in [0, 0.05) is 51.4 Å². The van der Waals surface area contributed by atoms with Crippen LogP contribution in [0.15, 0.2) is 53.4 Å². The van der Waals surface area contributed by atoms with Gasteiger partial charge >= 0.3 is 0 Å². The van der Waals surface area contributed by atoms with E-state index in [4.69, 9.17) is 15.1 Å². The van der Waals surface area contributed by atoms with Crippen molar-refractivity contribution < 1.29 is 8.81 Å². The van der Waals surface area contributed by atoms with Crippen molar-refractivity contribution in [3.63, 3.8) is 0 Å². The van der Waals surface area contributed by atoms with Gasteiger partial charge in [0.15, 0.2) is 17.2 Å². The lowest BCUT2D eigenvalue weighted by Gasteiger charge is -2.36. The van der Waals surface area contributed by atoms with Crippen LogP contribution >= 0.6 is 0 Å². The van der Waals surface area contributed by atoms with E-state index < -0.39 is 0 Å². The standard InChI is InChI=1S/C28H28FN11O/c1-17-4-3-7-31-24(17)25-34-27-20-15-32-39(26(20)35-28(30)40(27)36-25)13-10-37-8-11-38(12-9-37)23-6-5-19(14-21(23)29)22-16-41-18(2)33-22/h3-7,14-16H,8-13H2,1-2H3,(H2,30,35). The molecule has 0 amide bonds. The summed E-state index contributed by atoms with van der Waals surface area (Å²) in [5.74, 6) is 1.03. The Morgan fingerprint density at radius 2 is 1.85 bits per heavy atom. The van der Waals surface area contributed by atoms with Crippen LogP contribution in [0.25, 0.3) is 39.5 Å². The number of benzene rings is 1. The van der Waals surface area contributed by atoms with Crippen LogP contribution in [0.2, 0.25) is 0 Å². The first-order chi connectivity index (χ1) is 19.9. The van der Waals surface area contributed by atoms with Gasteiger partial charge in [0.1, 0.15) is 23.5 Å². The maximum absolute atomic E-state index is 15.0. The molecule has 208 valence electrons. The number of aromatic nitrogens is 8. The lowest BCUT2D eigenvalue weighted by atomic mass is 10.1. The Bertz CT molecular complexity index is 1880. The molecule has 0 spiro atoms. The van der Waals surface area contributed by atoms with Crippen molar-refractivity contribution in [1.82, 2.24) is 44.2 Å². The van der Waals surface area contributed by atoms with Crippen LogP contribution in [-0.4, -0.2) is 77.0 Å². The second-order valence-corrected chi connectivity index (χ2v) is 10.2. The average molecular weight is 554 g/mol. The van der Waals surface area contributed by atoms with Gasteiger partial charge in [-0.25, -0.2) is 19.0 Å². The summed E-state index contributed by atoms with van der Waals surface area (Å²) in [6.45, 7) is 8.20. The number of nitrogen functional groups attached to an aromatic ring is 1. The Balaban J connectivity index is 1.03. The third-order valence-corrected chi connectivity index (χ3v) is 7.52. The molecule has 0 aliphatic carbocycles. The molecule has 0 bridgehead atoms. The number of nitrogens with two attached hydrogens (primary N) is 1. The molecule has 12 nitrogen and oxygen atoms in total. The van der Waals surface area contributed by atoms with Crippen molar-refractivity contribution in [3.8, 4) is 22.8 Å². The summed E-state index contributed by atoms with van der Waals surface area (Å²) < 4.78 is 23.7. The highest BCUT2D eigenvalue weighted by Crippen LogP contribution is 2.27. The van der Waals surface area contributed by atoms with Crippen molar-refractivity contribution in [2.45, 2.75) is 20.4 Å². The van der Waals surface area contributed by atoms with Crippen molar-refractivity contribution in [2.75, 3.05) is 43.4 Å². The number of pyridine rings is 1. The summed E-state index contributed by atoms with van der Waals surface area (Å²) in [5, 5.41) is 9.91. The Morgan fingerprint density at radius 1 is 1.00 bits per heavy atom. The molecule has 5 aromatic heterocycles. The largest absolute Gasteiger partial charge is 0.449 e. The normalized spacial score (nSPS) is 14.5. The van der Waals surface area contributed by atoms with Crippen LogP contribution in [0.4, 0.5) is 16.0 Å². The summed E-state index contributed by atoms with van der Waals surface area (Å²) in [6.07, 6.45) is 5.02. The third-order valence-electron chi connectivity index (χ3n) is 7.52. The number of hydrogen-bond acceptors (Lipinski definition) is 10. The highest BCUT2D eigenvalue weighted by molar-refractivity contribution is 5.90. The van der Waals surface area contributed by atoms with Crippen LogP contribution in [-0.2, 0) is 6.54 Å². The van der Waals surface area contributed by atoms with E-state index in [0.717, 1.165) is 43.7 Å². The molecule has 41 heavy (non-hydrogen) atoms. The summed E-state index contributed by atoms with van der Waals surface area (Å²) >= 11 is 0.